The van der Waals surface area contributed by atoms with E-state index in [0.29, 0.717) is 6.61 Å². The van der Waals surface area contributed by atoms with E-state index in [1.807, 2.05) is 0 Å². The highest BCUT2D eigenvalue weighted by Crippen LogP contribution is 2.04. The fraction of sp³-hybridized carbons (Fsp3) is 1.00. The van der Waals surface area contributed by atoms with E-state index >= 15 is 0 Å². The fourth-order valence-corrected chi connectivity index (χ4v) is 1.18. The van der Waals surface area contributed by atoms with Gasteiger partial charge in [0, 0.05) is 4.43 Å². The van der Waals surface area contributed by atoms with Crippen molar-refractivity contribution in [2.24, 2.45) is 0 Å². The number of hydrogen-bond donors (Lipinski definition) is 4. The van der Waals surface area contributed by atoms with Gasteiger partial charge in [0.1, 0.15) is 25.1 Å². The van der Waals surface area contributed by atoms with Gasteiger partial charge in [0.25, 0.3) is 0 Å². The molecule has 0 aromatic rings. The van der Waals surface area contributed by atoms with Gasteiger partial charge < -0.3 is 29.9 Å². The van der Waals surface area contributed by atoms with Crippen molar-refractivity contribution in [2.75, 3.05) is 31.0 Å². The lowest BCUT2D eigenvalue weighted by atomic mass is 10.1. The topological polar surface area (TPSA) is 99.4 Å². The van der Waals surface area contributed by atoms with E-state index in [1.165, 1.54) is 0 Å². The van der Waals surface area contributed by atoms with Crippen LogP contribution in [0.1, 0.15) is 0 Å². The van der Waals surface area contributed by atoms with Gasteiger partial charge in [-0.2, -0.15) is 0 Å². The quantitative estimate of drug-likeness (QED) is 0.177. The number of aliphatic hydroxyl groups is 4. The molecule has 0 radical (unpaired) electrons. The fourth-order valence-electron chi connectivity index (χ4n) is 0.864. The van der Waals surface area contributed by atoms with Gasteiger partial charge in [0.15, 0.2) is 0 Å². The standard InChI is InChI=1S/C8H17IO6/c9-1-2-14-5-15-7(4-11)8(13)6(12)3-10/h6-8,10-13H,1-5H2. The van der Waals surface area contributed by atoms with Gasteiger partial charge in [-0.25, -0.2) is 0 Å². The second-order valence-electron chi connectivity index (χ2n) is 2.84. The zero-order valence-electron chi connectivity index (χ0n) is 8.25. The average Bonchev–Trinajstić information content (AvgIpc) is 2.27. The molecule has 3 atom stereocenters. The van der Waals surface area contributed by atoms with Crippen LogP contribution in [0.5, 0.6) is 0 Å². The molecule has 6 nitrogen and oxygen atoms in total. The molecule has 0 spiro atoms. The minimum atomic E-state index is -1.33. The predicted octanol–water partition coefficient (Wildman–Crippen LogP) is -1.51. The summed E-state index contributed by atoms with van der Waals surface area (Å²) in [4.78, 5) is 0. The molecule has 0 heterocycles. The van der Waals surface area contributed by atoms with Crippen molar-refractivity contribution < 1.29 is 29.9 Å². The van der Waals surface area contributed by atoms with Gasteiger partial charge in [-0.1, -0.05) is 22.6 Å². The maximum Gasteiger partial charge on any atom is 0.147 e. The molecule has 15 heavy (non-hydrogen) atoms. The number of hydrogen-bond acceptors (Lipinski definition) is 6. The monoisotopic (exact) mass is 336 g/mol. The number of rotatable bonds is 9. The third-order valence-corrected chi connectivity index (χ3v) is 2.17. The van der Waals surface area contributed by atoms with Crippen LogP contribution in [-0.2, 0) is 9.47 Å². The zero-order chi connectivity index (χ0) is 11.7. The molecule has 0 bridgehead atoms. The molecule has 0 aliphatic carbocycles. The second-order valence-corrected chi connectivity index (χ2v) is 3.92. The Morgan fingerprint density at radius 2 is 1.80 bits per heavy atom. The summed E-state index contributed by atoms with van der Waals surface area (Å²) in [5.41, 5.74) is 0. The summed E-state index contributed by atoms with van der Waals surface area (Å²) >= 11 is 2.13. The average molecular weight is 336 g/mol. The lowest BCUT2D eigenvalue weighted by Crippen LogP contribution is -2.43. The highest BCUT2D eigenvalue weighted by atomic mass is 127. The third kappa shape index (κ3) is 6.61. The lowest BCUT2D eigenvalue weighted by Gasteiger charge is -2.24. The van der Waals surface area contributed by atoms with Gasteiger partial charge in [-0.3, -0.25) is 0 Å². The van der Waals surface area contributed by atoms with E-state index in [9.17, 15) is 5.11 Å². The van der Waals surface area contributed by atoms with Crippen LogP contribution in [0.15, 0.2) is 0 Å². The van der Waals surface area contributed by atoms with Gasteiger partial charge in [0.2, 0.25) is 0 Å². The number of halogens is 1. The number of alkyl halides is 1. The third-order valence-electron chi connectivity index (χ3n) is 1.73. The molecule has 0 saturated heterocycles. The first-order valence-electron chi connectivity index (χ1n) is 4.50. The smallest absolute Gasteiger partial charge is 0.147 e. The van der Waals surface area contributed by atoms with Crippen molar-refractivity contribution in [2.45, 2.75) is 18.3 Å². The highest BCUT2D eigenvalue weighted by molar-refractivity contribution is 14.1. The molecular formula is C8H17IO6. The van der Waals surface area contributed by atoms with Crippen molar-refractivity contribution in [1.29, 1.82) is 0 Å². The molecule has 3 unspecified atom stereocenters. The second kappa shape index (κ2) is 9.70. The first-order valence-corrected chi connectivity index (χ1v) is 6.03. The van der Waals surface area contributed by atoms with E-state index in [1.54, 1.807) is 0 Å². The Morgan fingerprint density at radius 1 is 1.13 bits per heavy atom. The lowest BCUT2D eigenvalue weighted by molar-refractivity contribution is -0.160. The van der Waals surface area contributed by atoms with Gasteiger partial charge in [-0.15, -0.1) is 0 Å². The van der Waals surface area contributed by atoms with E-state index in [2.05, 4.69) is 22.6 Å². The van der Waals surface area contributed by atoms with Crippen molar-refractivity contribution in [3.63, 3.8) is 0 Å². The maximum atomic E-state index is 9.38. The molecule has 0 aliphatic rings. The van der Waals surface area contributed by atoms with Crippen LogP contribution in [0.25, 0.3) is 0 Å². The first kappa shape index (κ1) is 15.5. The molecule has 4 N–H and O–H groups in total. The molecule has 0 aromatic carbocycles. The van der Waals surface area contributed by atoms with Gasteiger partial charge >= 0.3 is 0 Å². The molecule has 0 saturated carbocycles. The Labute approximate surface area is 102 Å². The summed E-state index contributed by atoms with van der Waals surface area (Å²) in [5, 5.41) is 35.9. The summed E-state index contributed by atoms with van der Waals surface area (Å²) in [6, 6.07) is 0. The van der Waals surface area contributed by atoms with E-state index in [-0.39, 0.29) is 6.79 Å². The Hall–Kier alpha value is 0.490. The van der Waals surface area contributed by atoms with Crippen LogP contribution in [0.4, 0.5) is 0 Å². The van der Waals surface area contributed by atoms with Crippen molar-refractivity contribution in [3.05, 3.63) is 0 Å². The Balaban J connectivity index is 3.79. The molecule has 92 valence electrons. The SMILES string of the molecule is OCC(O)C(O)C(CO)OCOCCI. The summed E-state index contributed by atoms with van der Waals surface area (Å²) in [7, 11) is 0. The Morgan fingerprint density at radius 3 is 2.27 bits per heavy atom. The summed E-state index contributed by atoms with van der Waals surface area (Å²) in [6.07, 6.45) is -3.61. The molecule has 0 fully saturated rings. The van der Waals surface area contributed by atoms with Crippen LogP contribution in [0.3, 0.4) is 0 Å². The molecule has 7 heteroatoms. The van der Waals surface area contributed by atoms with E-state index < -0.39 is 31.5 Å². The van der Waals surface area contributed by atoms with Crippen LogP contribution in [0.2, 0.25) is 0 Å². The molecule has 0 amide bonds. The van der Waals surface area contributed by atoms with Crippen molar-refractivity contribution in [3.8, 4) is 0 Å². The van der Waals surface area contributed by atoms with Gasteiger partial charge in [-0.05, 0) is 0 Å². The molecule has 0 rings (SSSR count). The Kier molecular flexibility index (Phi) is 10.0. The summed E-state index contributed by atoms with van der Waals surface area (Å²) in [5.74, 6) is 0. The molecular weight excluding hydrogens is 319 g/mol. The van der Waals surface area contributed by atoms with Gasteiger partial charge in [0.05, 0.1) is 19.8 Å². The summed E-state index contributed by atoms with van der Waals surface area (Å²) in [6.45, 7) is -0.595. The Bertz CT molecular complexity index is 147. The van der Waals surface area contributed by atoms with Crippen LogP contribution < -0.4 is 0 Å². The predicted molar refractivity (Wildman–Crippen MR) is 60.8 cm³/mol. The van der Waals surface area contributed by atoms with E-state index in [0.717, 1.165) is 4.43 Å². The molecule has 0 aromatic heterocycles. The summed E-state index contributed by atoms with van der Waals surface area (Å²) < 4.78 is 10.8. The minimum Gasteiger partial charge on any atom is -0.394 e. The molecule has 0 aliphatic heterocycles. The zero-order valence-corrected chi connectivity index (χ0v) is 10.4. The number of aliphatic hydroxyl groups excluding tert-OH is 4. The normalized spacial score (nSPS) is 17.4. The van der Waals surface area contributed by atoms with Crippen LogP contribution >= 0.6 is 22.6 Å². The van der Waals surface area contributed by atoms with Crippen LogP contribution in [-0.4, -0.2) is 69.8 Å². The highest BCUT2D eigenvalue weighted by Gasteiger charge is 2.26. The van der Waals surface area contributed by atoms with Crippen molar-refractivity contribution in [1.82, 2.24) is 0 Å². The van der Waals surface area contributed by atoms with Crippen molar-refractivity contribution >= 4 is 22.6 Å². The largest absolute Gasteiger partial charge is 0.394 e. The van der Waals surface area contributed by atoms with E-state index in [4.69, 9.17) is 24.8 Å². The minimum absolute atomic E-state index is 0.0660. The first-order chi connectivity index (χ1) is 7.17. The maximum absolute atomic E-state index is 9.38. The number of ether oxygens (including phenoxy) is 2. The van der Waals surface area contributed by atoms with Crippen LogP contribution in [0, 0.1) is 0 Å².